The van der Waals surface area contributed by atoms with Gasteiger partial charge in [-0.15, -0.1) is 0 Å². The van der Waals surface area contributed by atoms with Gasteiger partial charge >= 0.3 is 0 Å². The predicted octanol–water partition coefficient (Wildman–Crippen LogP) is 10.6. The van der Waals surface area contributed by atoms with Crippen molar-refractivity contribution in [2.45, 2.75) is 0 Å². The summed E-state index contributed by atoms with van der Waals surface area (Å²) in [5, 5.41) is 12.6. The average molecular weight is 597 g/mol. The number of benzene rings is 5. The van der Waals surface area contributed by atoms with E-state index in [-0.39, 0.29) is 0 Å². The van der Waals surface area contributed by atoms with Gasteiger partial charge in [-0.3, -0.25) is 0 Å². The number of nitrogens with zero attached hydrogens (tertiary/aromatic N) is 4. The first-order valence-corrected chi connectivity index (χ1v) is 15.3. The van der Waals surface area contributed by atoms with Gasteiger partial charge in [0.25, 0.3) is 0 Å². The van der Waals surface area contributed by atoms with Crippen LogP contribution in [0.25, 0.3) is 77.3 Å². The molecule has 0 fully saturated rings. The van der Waals surface area contributed by atoms with Crippen molar-refractivity contribution in [2.24, 2.45) is 0 Å². The Morgan fingerprint density at radius 3 is 1.29 bits per heavy atom. The minimum Gasteiger partial charge on any atom is -0.232 e. The van der Waals surface area contributed by atoms with E-state index in [4.69, 9.17) is 21.8 Å². The monoisotopic (exact) mass is 596 g/mol. The molecule has 0 N–H and O–H groups in total. The van der Waals surface area contributed by atoms with E-state index in [0.29, 0.717) is 5.02 Å². The first-order chi connectivity index (χ1) is 22.2. The van der Waals surface area contributed by atoms with Crippen molar-refractivity contribution in [2.75, 3.05) is 0 Å². The Morgan fingerprint density at radius 1 is 0.378 bits per heavy atom. The minimum atomic E-state index is 0.684. The standard InChI is InChI=1S/C40H25ClN4/c41-30-22-28(31-11-3-5-13-33(31)35-24-42-44-37-15-7-1-9-26(37)17-19-39(35)44)21-29(23-30)32-12-4-6-14-34(32)36-25-43-45-38-16-8-2-10-27(38)18-20-40(36)45/h1-25H. The van der Waals surface area contributed by atoms with Crippen LogP contribution in [0.4, 0.5) is 0 Å². The molecule has 5 heteroatoms. The number of halogens is 1. The molecule has 0 bridgehead atoms. The van der Waals surface area contributed by atoms with Crippen molar-refractivity contribution in [3.8, 4) is 44.5 Å². The van der Waals surface area contributed by atoms with E-state index in [2.05, 4.69) is 140 Å². The van der Waals surface area contributed by atoms with Gasteiger partial charge in [-0.1, -0.05) is 109 Å². The molecule has 0 amide bonds. The molecule has 0 spiro atoms. The summed E-state index contributed by atoms with van der Waals surface area (Å²) < 4.78 is 4.06. The lowest BCUT2D eigenvalue weighted by Crippen LogP contribution is -1.91. The summed E-state index contributed by atoms with van der Waals surface area (Å²) >= 11 is 6.89. The molecular weight excluding hydrogens is 572 g/mol. The zero-order chi connectivity index (χ0) is 29.9. The third-order valence-corrected chi connectivity index (χ3v) is 8.96. The zero-order valence-electron chi connectivity index (χ0n) is 24.1. The third-order valence-electron chi connectivity index (χ3n) is 8.74. The fourth-order valence-corrected chi connectivity index (χ4v) is 6.89. The number of aromatic nitrogens is 4. The fourth-order valence-electron chi connectivity index (χ4n) is 6.66. The smallest absolute Gasteiger partial charge is 0.0747 e. The maximum atomic E-state index is 6.89. The number of para-hydroxylation sites is 2. The molecule has 0 aliphatic heterocycles. The maximum absolute atomic E-state index is 6.89. The second-order valence-corrected chi connectivity index (χ2v) is 11.8. The van der Waals surface area contributed by atoms with Gasteiger partial charge in [-0.2, -0.15) is 10.2 Å². The Kier molecular flexibility index (Phi) is 5.83. The molecule has 9 rings (SSSR count). The van der Waals surface area contributed by atoms with Crippen LogP contribution in [0.3, 0.4) is 0 Å². The van der Waals surface area contributed by atoms with Crippen molar-refractivity contribution in [3.63, 3.8) is 0 Å². The van der Waals surface area contributed by atoms with E-state index in [1.165, 1.54) is 0 Å². The van der Waals surface area contributed by atoms with Gasteiger partial charge in [0.2, 0.25) is 0 Å². The van der Waals surface area contributed by atoms with Crippen molar-refractivity contribution >= 4 is 44.4 Å². The second-order valence-electron chi connectivity index (χ2n) is 11.3. The van der Waals surface area contributed by atoms with Gasteiger partial charge in [0.1, 0.15) is 0 Å². The molecule has 5 aromatic carbocycles. The summed E-state index contributed by atoms with van der Waals surface area (Å²) in [5.41, 5.74) is 13.0. The Hall–Kier alpha value is -5.71. The van der Waals surface area contributed by atoms with Crippen LogP contribution in [0.5, 0.6) is 0 Å². The van der Waals surface area contributed by atoms with Gasteiger partial charge in [-0.05, 0) is 75.8 Å². The molecule has 0 aliphatic carbocycles. The summed E-state index contributed by atoms with van der Waals surface area (Å²) in [6.45, 7) is 0. The Bertz CT molecular complexity index is 2400. The SMILES string of the molecule is Clc1cc(-c2ccccc2-c2cnn3c2ccc2ccccc23)cc(-c2ccccc2-c2cnn3c2ccc2ccccc23)c1. The van der Waals surface area contributed by atoms with Crippen molar-refractivity contribution in [1.29, 1.82) is 0 Å². The molecular formula is C40H25ClN4. The summed E-state index contributed by atoms with van der Waals surface area (Å²) in [7, 11) is 0. The quantitative estimate of drug-likeness (QED) is 0.202. The lowest BCUT2D eigenvalue weighted by Gasteiger charge is -2.14. The molecule has 0 radical (unpaired) electrons. The molecule has 9 aromatic rings. The largest absolute Gasteiger partial charge is 0.232 e. The lowest BCUT2D eigenvalue weighted by atomic mass is 9.90. The van der Waals surface area contributed by atoms with Crippen LogP contribution in [0.2, 0.25) is 5.02 Å². The summed E-state index contributed by atoms with van der Waals surface area (Å²) in [6, 6.07) is 48.6. The average Bonchev–Trinajstić information content (AvgIpc) is 3.73. The van der Waals surface area contributed by atoms with E-state index >= 15 is 0 Å². The van der Waals surface area contributed by atoms with E-state index in [0.717, 1.165) is 77.3 Å². The number of rotatable bonds is 4. The van der Waals surface area contributed by atoms with Crippen molar-refractivity contribution < 1.29 is 0 Å². The maximum Gasteiger partial charge on any atom is 0.0747 e. The Labute approximate surface area is 264 Å². The minimum absolute atomic E-state index is 0.684. The van der Waals surface area contributed by atoms with Crippen LogP contribution >= 0.6 is 11.6 Å². The van der Waals surface area contributed by atoms with Gasteiger partial charge in [0.15, 0.2) is 0 Å². The Morgan fingerprint density at radius 2 is 0.800 bits per heavy atom. The van der Waals surface area contributed by atoms with Gasteiger partial charge in [0.05, 0.1) is 34.5 Å². The topological polar surface area (TPSA) is 34.6 Å². The molecule has 4 nitrogen and oxygen atoms in total. The highest BCUT2D eigenvalue weighted by molar-refractivity contribution is 6.31. The van der Waals surface area contributed by atoms with Gasteiger partial charge in [-0.25, -0.2) is 9.03 Å². The van der Waals surface area contributed by atoms with E-state index < -0.39 is 0 Å². The van der Waals surface area contributed by atoms with E-state index in [1.807, 2.05) is 21.4 Å². The number of hydrogen-bond acceptors (Lipinski definition) is 2. The number of fused-ring (bicyclic) bond motifs is 6. The molecule has 0 aliphatic rings. The van der Waals surface area contributed by atoms with Gasteiger partial charge < -0.3 is 0 Å². The molecule has 45 heavy (non-hydrogen) atoms. The first kappa shape index (κ1) is 25.8. The van der Waals surface area contributed by atoms with Crippen LogP contribution in [-0.4, -0.2) is 19.2 Å². The highest BCUT2D eigenvalue weighted by atomic mass is 35.5. The fraction of sp³-hybridized carbons (Fsp3) is 0. The summed E-state index contributed by atoms with van der Waals surface area (Å²) in [5.74, 6) is 0. The lowest BCUT2D eigenvalue weighted by molar-refractivity contribution is 1.00. The summed E-state index contributed by atoms with van der Waals surface area (Å²) in [4.78, 5) is 0. The predicted molar refractivity (Wildman–Crippen MR) is 186 cm³/mol. The Balaban J connectivity index is 1.20. The number of hydrogen-bond donors (Lipinski definition) is 0. The highest BCUT2D eigenvalue weighted by Gasteiger charge is 2.17. The molecule has 212 valence electrons. The number of pyridine rings is 2. The van der Waals surface area contributed by atoms with Gasteiger partial charge in [0, 0.05) is 26.9 Å². The second kappa shape index (κ2) is 10.2. The highest BCUT2D eigenvalue weighted by Crippen LogP contribution is 2.41. The normalized spacial score (nSPS) is 11.7. The first-order valence-electron chi connectivity index (χ1n) is 14.9. The van der Waals surface area contributed by atoms with Crippen LogP contribution in [0.1, 0.15) is 0 Å². The van der Waals surface area contributed by atoms with Crippen molar-refractivity contribution in [3.05, 3.63) is 157 Å². The molecule has 4 aromatic heterocycles. The third kappa shape index (κ3) is 4.15. The molecule has 0 unspecified atom stereocenters. The summed E-state index contributed by atoms with van der Waals surface area (Å²) in [6.07, 6.45) is 3.94. The van der Waals surface area contributed by atoms with Crippen molar-refractivity contribution in [1.82, 2.24) is 19.2 Å². The van der Waals surface area contributed by atoms with Crippen LogP contribution < -0.4 is 0 Å². The van der Waals surface area contributed by atoms with Crippen LogP contribution in [-0.2, 0) is 0 Å². The van der Waals surface area contributed by atoms with E-state index in [1.54, 1.807) is 0 Å². The molecule has 0 saturated carbocycles. The zero-order valence-corrected chi connectivity index (χ0v) is 24.9. The molecule has 0 atom stereocenters. The van der Waals surface area contributed by atoms with Crippen LogP contribution in [0, 0.1) is 0 Å². The van der Waals surface area contributed by atoms with Crippen LogP contribution in [0.15, 0.2) is 152 Å². The van der Waals surface area contributed by atoms with E-state index in [9.17, 15) is 0 Å². The molecule has 4 heterocycles. The molecule has 0 saturated heterocycles.